The first-order valence-electron chi connectivity index (χ1n) is 6.79. The quantitative estimate of drug-likeness (QED) is 0.781. The molecule has 100 valence electrons. The molecular formula is C16H20N2O. The molecule has 0 spiro atoms. The van der Waals surface area contributed by atoms with Crippen LogP contribution in [-0.4, -0.2) is 19.0 Å². The highest BCUT2D eigenvalue weighted by molar-refractivity contribution is 6.06. The zero-order chi connectivity index (χ0) is 13.5. The normalized spacial score (nSPS) is 10.6. The number of carbonyl (C=O) groups excluding carboxylic acids is 1. The Hall–Kier alpha value is -1.87. The fraction of sp³-hybridized carbons (Fsp3) is 0.312. The van der Waals surface area contributed by atoms with Crippen molar-refractivity contribution in [2.75, 3.05) is 13.1 Å². The molecule has 1 amide bonds. The predicted molar refractivity (Wildman–Crippen MR) is 79.2 cm³/mol. The minimum atomic E-state index is 0.00421. The number of hydrogen-bond acceptors (Lipinski definition) is 2. The van der Waals surface area contributed by atoms with E-state index in [0.717, 1.165) is 42.1 Å². The second-order valence-corrected chi connectivity index (χ2v) is 4.63. The molecule has 0 unspecified atom stereocenters. The molecule has 0 aliphatic carbocycles. The van der Waals surface area contributed by atoms with E-state index >= 15 is 0 Å². The molecular weight excluding hydrogens is 236 g/mol. The maximum Gasteiger partial charge on any atom is 0.251 e. The summed E-state index contributed by atoms with van der Waals surface area (Å²) in [5.74, 6) is 0.00421. The Morgan fingerprint density at radius 3 is 2.63 bits per heavy atom. The van der Waals surface area contributed by atoms with Crippen molar-refractivity contribution in [3.63, 3.8) is 0 Å². The molecule has 0 saturated heterocycles. The van der Waals surface area contributed by atoms with E-state index in [4.69, 9.17) is 5.73 Å². The first-order chi connectivity index (χ1) is 9.33. The summed E-state index contributed by atoms with van der Waals surface area (Å²) in [7, 11) is 0. The molecule has 0 atom stereocenters. The Morgan fingerprint density at radius 1 is 1.00 bits per heavy atom. The van der Waals surface area contributed by atoms with Gasteiger partial charge in [-0.3, -0.25) is 4.79 Å². The number of nitrogens with one attached hydrogen (secondary N) is 1. The molecule has 3 heteroatoms. The van der Waals surface area contributed by atoms with E-state index in [2.05, 4.69) is 5.32 Å². The van der Waals surface area contributed by atoms with Gasteiger partial charge in [-0.05, 0) is 36.2 Å². The van der Waals surface area contributed by atoms with Crippen LogP contribution in [0.2, 0.25) is 0 Å². The third-order valence-corrected chi connectivity index (χ3v) is 3.20. The minimum Gasteiger partial charge on any atom is -0.352 e. The van der Waals surface area contributed by atoms with Crippen molar-refractivity contribution in [2.45, 2.75) is 19.3 Å². The van der Waals surface area contributed by atoms with Crippen molar-refractivity contribution in [2.24, 2.45) is 5.73 Å². The van der Waals surface area contributed by atoms with Crippen molar-refractivity contribution in [1.82, 2.24) is 5.32 Å². The molecule has 0 radical (unpaired) electrons. The molecule has 0 aliphatic heterocycles. The van der Waals surface area contributed by atoms with Crippen molar-refractivity contribution >= 4 is 16.7 Å². The molecule has 0 aliphatic rings. The summed E-state index contributed by atoms with van der Waals surface area (Å²) in [4.78, 5) is 12.2. The van der Waals surface area contributed by atoms with Gasteiger partial charge in [0.25, 0.3) is 5.91 Å². The van der Waals surface area contributed by atoms with Gasteiger partial charge < -0.3 is 11.1 Å². The topological polar surface area (TPSA) is 55.1 Å². The van der Waals surface area contributed by atoms with Gasteiger partial charge in [0.05, 0.1) is 0 Å². The summed E-state index contributed by atoms with van der Waals surface area (Å²) in [5, 5.41) is 5.07. The lowest BCUT2D eigenvalue weighted by molar-refractivity contribution is 0.0954. The Morgan fingerprint density at radius 2 is 1.79 bits per heavy atom. The number of amides is 1. The van der Waals surface area contributed by atoms with Crippen LogP contribution in [0.5, 0.6) is 0 Å². The highest BCUT2D eigenvalue weighted by Crippen LogP contribution is 2.18. The summed E-state index contributed by atoms with van der Waals surface area (Å²) in [6.07, 6.45) is 3.06. The number of benzene rings is 2. The third kappa shape index (κ3) is 3.55. The molecule has 2 aromatic rings. The van der Waals surface area contributed by atoms with Gasteiger partial charge >= 0.3 is 0 Å². The van der Waals surface area contributed by atoms with Crippen LogP contribution in [0.15, 0.2) is 42.5 Å². The maximum absolute atomic E-state index is 12.2. The van der Waals surface area contributed by atoms with Crippen molar-refractivity contribution < 1.29 is 4.79 Å². The van der Waals surface area contributed by atoms with Gasteiger partial charge in [0, 0.05) is 12.1 Å². The molecule has 0 heterocycles. The van der Waals surface area contributed by atoms with Gasteiger partial charge in [0.1, 0.15) is 0 Å². The summed E-state index contributed by atoms with van der Waals surface area (Å²) in [5.41, 5.74) is 6.18. The van der Waals surface area contributed by atoms with Gasteiger partial charge in [-0.1, -0.05) is 42.8 Å². The summed E-state index contributed by atoms with van der Waals surface area (Å²) in [6, 6.07) is 13.8. The zero-order valence-electron chi connectivity index (χ0n) is 11.1. The lowest BCUT2D eigenvalue weighted by Crippen LogP contribution is -2.24. The smallest absolute Gasteiger partial charge is 0.251 e. The predicted octanol–water partition coefficient (Wildman–Crippen LogP) is 2.70. The maximum atomic E-state index is 12.2. The van der Waals surface area contributed by atoms with E-state index in [0.29, 0.717) is 6.54 Å². The van der Waals surface area contributed by atoms with Crippen molar-refractivity contribution in [1.29, 1.82) is 0 Å². The highest BCUT2D eigenvalue weighted by Gasteiger charge is 2.08. The fourth-order valence-electron chi connectivity index (χ4n) is 2.17. The van der Waals surface area contributed by atoms with Crippen LogP contribution < -0.4 is 11.1 Å². The van der Waals surface area contributed by atoms with E-state index < -0.39 is 0 Å². The summed E-state index contributed by atoms with van der Waals surface area (Å²) >= 11 is 0. The Balaban J connectivity index is 2.01. The molecule has 0 bridgehead atoms. The van der Waals surface area contributed by atoms with Crippen LogP contribution in [-0.2, 0) is 0 Å². The van der Waals surface area contributed by atoms with Crippen LogP contribution in [0.25, 0.3) is 10.8 Å². The average molecular weight is 256 g/mol. The average Bonchev–Trinajstić information content (AvgIpc) is 2.46. The van der Waals surface area contributed by atoms with Crippen LogP contribution in [0.4, 0.5) is 0 Å². The number of rotatable bonds is 6. The van der Waals surface area contributed by atoms with Crippen LogP contribution >= 0.6 is 0 Å². The van der Waals surface area contributed by atoms with Crippen molar-refractivity contribution in [3.05, 3.63) is 48.0 Å². The lowest BCUT2D eigenvalue weighted by atomic mass is 10.0. The van der Waals surface area contributed by atoms with Crippen LogP contribution in [0.1, 0.15) is 29.6 Å². The lowest BCUT2D eigenvalue weighted by Gasteiger charge is -2.07. The minimum absolute atomic E-state index is 0.00421. The molecule has 2 aromatic carbocycles. The summed E-state index contributed by atoms with van der Waals surface area (Å²) < 4.78 is 0. The second-order valence-electron chi connectivity index (χ2n) is 4.63. The first-order valence-corrected chi connectivity index (χ1v) is 6.79. The second kappa shape index (κ2) is 6.90. The zero-order valence-corrected chi connectivity index (χ0v) is 11.1. The molecule has 0 fully saturated rings. The molecule has 0 aromatic heterocycles. The third-order valence-electron chi connectivity index (χ3n) is 3.20. The molecule has 19 heavy (non-hydrogen) atoms. The fourth-order valence-corrected chi connectivity index (χ4v) is 2.17. The monoisotopic (exact) mass is 256 g/mol. The van der Waals surface area contributed by atoms with E-state index in [9.17, 15) is 4.79 Å². The number of hydrogen-bond donors (Lipinski definition) is 2. The Kier molecular flexibility index (Phi) is 4.93. The molecule has 2 rings (SSSR count). The number of unbranched alkanes of at least 4 members (excludes halogenated alkanes) is 2. The largest absolute Gasteiger partial charge is 0.352 e. The van der Waals surface area contributed by atoms with Crippen molar-refractivity contribution in [3.8, 4) is 0 Å². The Bertz CT molecular complexity index is 546. The SMILES string of the molecule is NCCCCCNC(=O)c1cccc2ccccc12. The standard InChI is InChI=1S/C16H20N2O/c17-11-4-1-5-12-18-16(19)15-10-6-8-13-7-2-3-9-14(13)15/h2-3,6-10H,1,4-5,11-12,17H2,(H,18,19). The van der Waals surface area contributed by atoms with Gasteiger partial charge in [0.15, 0.2) is 0 Å². The van der Waals surface area contributed by atoms with Gasteiger partial charge in [0.2, 0.25) is 0 Å². The first kappa shape index (κ1) is 13.6. The number of nitrogens with two attached hydrogens (primary N) is 1. The number of fused-ring (bicyclic) bond motifs is 1. The highest BCUT2D eigenvalue weighted by atomic mass is 16.1. The summed E-state index contributed by atoms with van der Waals surface area (Å²) in [6.45, 7) is 1.43. The molecule has 3 nitrogen and oxygen atoms in total. The Labute approximate surface area is 113 Å². The van der Waals surface area contributed by atoms with Gasteiger partial charge in [-0.15, -0.1) is 0 Å². The van der Waals surface area contributed by atoms with E-state index in [1.165, 1.54) is 0 Å². The molecule has 3 N–H and O–H groups in total. The van der Waals surface area contributed by atoms with Gasteiger partial charge in [-0.25, -0.2) is 0 Å². The van der Waals surface area contributed by atoms with Crippen LogP contribution in [0, 0.1) is 0 Å². The molecule has 0 saturated carbocycles. The van der Waals surface area contributed by atoms with E-state index in [1.807, 2.05) is 42.5 Å². The van der Waals surface area contributed by atoms with Gasteiger partial charge in [-0.2, -0.15) is 0 Å². The number of carbonyl (C=O) groups is 1. The van der Waals surface area contributed by atoms with Crippen LogP contribution in [0.3, 0.4) is 0 Å². The van der Waals surface area contributed by atoms with E-state index in [-0.39, 0.29) is 5.91 Å². The van der Waals surface area contributed by atoms with E-state index in [1.54, 1.807) is 0 Å².